The lowest BCUT2D eigenvalue weighted by molar-refractivity contribution is -0.123. The van der Waals surface area contributed by atoms with Gasteiger partial charge >= 0.3 is 0 Å². The largest absolute Gasteiger partial charge is 0.357 e. The Labute approximate surface area is 158 Å². The van der Waals surface area contributed by atoms with Crippen molar-refractivity contribution in [3.63, 3.8) is 0 Å². The number of amides is 1. The first-order chi connectivity index (χ1) is 10.3. The second-order valence-corrected chi connectivity index (χ2v) is 7.29. The van der Waals surface area contributed by atoms with E-state index in [-0.39, 0.29) is 35.8 Å². The molecule has 3 N–H and O–H groups in total. The molecule has 6 heteroatoms. The number of nitrogens with one attached hydrogen (secondary N) is 3. The van der Waals surface area contributed by atoms with E-state index in [9.17, 15) is 4.79 Å². The van der Waals surface area contributed by atoms with Crippen LogP contribution in [0.3, 0.4) is 0 Å². The Morgan fingerprint density at radius 2 is 1.83 bits per heavy atom. The molecule has 1 saturated carbocycles. The predicted molar refractivity (Wildman–Crippen MR) is 108 cm³/mol. The van der Waals surface area contributed by atoms with E-state index in [1.54, 1.807) is 0 Å². The van der Waals surface area contributed by atoms with Crippen LogP contribution in [-0.4, -0.2) is 37.5 Å². The first-order valence-electron chi connectivity index (χ1n) is 8.66. The molecule has 5 nitrogen and oxygen atoms in total. The Balaban J connectivity index is 0.00000484. The van der Waals surface area contributed by atoms with Crippen molar-refractivity contribution in [2.75, 3.05) is 19.6 Å². The number of nitrogens with zero attached hydrogens (tertiary/aromatic N) is 1. The minimum atomic E-state index is 0. The molecule has 1 amide bonds. The van der Waals surface area contributed by atoms with Gasteiger partial charge in [-0.3, -0.25) is 9.79 Å². The summed E-state index contributed by atoms with van der Waals surface area (Å²) >= 11 is 0. The van der Waals surface area contributed by atoms with Crippen LogP contribution in [0.25, 0.3) is 0 Å². The zero-order chi connectivity index (χ0) is 16.6. The molecule has 0 bridgehead atoms. The molecule has 0 saturated heterocycles. The smallest absolute Gasteiger partial charge is 0.222 e. The summed E-state index contributed by atoms with van der Waals surface area (Å²) in [4.78, 5) is 16.1. The van der Waals surface area contributed by atoms with Gasteiger partial charge in [0, 0.05) is 25.0 Å². The second kappa shape index (κ2) is 11.1. The van der Waals surface area contributed by atoms with Crippen molar-refractivity contribution in [3.05, 3.63) is 0 Å². The van der Waals surface area contributed by atoms with Gasteiger partial charge in [0.2, 0.25) is 5.91 Å². The highest BCUT2D eigenvalue weighted by Crippen LogP contribution is 2.34. The van der Waals surface area contributed by atoms with E-state index in [1.807, 2.05) is 13.8 Å². The Morgan fingerprint density at radius 1 is 1.22 bits per heavy atom. The van der Waals surface area contributed by atoms with E-state index in [1.165, 1.54) is 25.7 Å². The number of aliphatic imine (C=N–C) groups is 1. The zero-order valence-electron chi connectivity index (χ0n) is 15.4. The maximum absolute atomic E-state index is 11.5. The molecule has 1 rings (SSSR count). The second-order valence-electron chi connectivity index (χ2n) is 7.29. The first-order valence-corrected chi connectivity index (χ1v) is 8.66. The standard InChI is InChI=1S/C17H34N4O.HI/c1-6-18-16(20-12-11-19-15(22)13(2)3)21-14-7-9-17(4,5)10-8-14;/h13-14H,6-12H2,1-5H3,(H,19,22)(H2,18,20,21);1H. The summed E-state index contributed by atoms with van der Waals surface area (Å²) in [7, 11) is 0. The van der Waals surface area contributed by atoms with Crippen molar-refractivity contribution in [1.82, 2.24) is 16.0 Å². The molecule has 0 aromatic rings. The van der Waals surface area contributed by atoms with Crippen molar-refractivity contribution in [2.24, 2.45) is 16.3 Å². The van der Waals surface area contributed by atoms with Gasteiger partial charge in [0.1, 0.15) is 0 Å². The molecule has 0 unspecified atom stereocenters. The normalized spacial score (nSPS) is 18.3. The van der Waals surface area contributed by atoms with Crippen molar-refractivity contribution >= 4 is 35.8 Å². The lowest BCUT2D eigenvalue weighted by atomic mass is 9.75. The number of hydrogen-bond donors (Lipinski definition) is 3. The molecule has 0 radical (unpaired) electrons. The quantitative estimate of drug-likeness (QED) is 0.259. The third kappa shape index (κ3) is 9.37. The van der Waals surface area contributed by atoms with Crippen molar-refractivity contribution in [2.45, 2.75) is 66.3 Å². The molecule has 1 fully saturated rings. The lowest BCUT2D eigenvalue weighted by Crippen LogP contribution is -2.46. The molecule has 0 aromatic heterocycles. The Hall–Kier alpha value is -0.530. The molecule has 1 aliphatic rings. The van der Waals surface area contributed by atoms with Gasteiger partial charge in [-0.1, -0.05) is 27.7 Å². The zero-order valence-corrected chi connectivity index (χ0v) is 17.7. The predicted octanol–water partition coefficient (Wildman–Crippen LogP) is 2.90. The van der Waals surface area contributed by atoms with Crippen molar-refractivity contribution in [1.29, 1.82) is 0 Å². The Morgan fingerprint density at radius 3 is 2.35 bits per heavy atom. The van der Waals surface area contributed by atoms with Crippen LogP contribution in [0.1, 0.15) is 60.3 Å². The van der Waals surface area contributed by atoms with Gasteiger partial charge in [-0.2, -0.15) is 0 Å². The average Bonchev–Trinajstić information content (AvgIpc) is 2.45. The fourth-order valence-corrected chi connectivity index (χ4v) is 2.61. The minimum Gasteiger partial charge on any atom is -0.357 e. The van der Waals surface area contributed by atoms with E-state index >= 15 is 0 Å². The van der Waals surface area contributed by atoms with Crippen LogP contribution < -0.4 is 16.0 Å². The highest BCUT2D eigenvalue weighted by Gasteiger charge is 2.27. The summed E-state index contributed by atoms with van der Waals surface area (Å²) in [6.45, 7) is 12.6. The van der Waals surface area contributed by atoms with E-state index in [2.05, 4.69) is 41.7 Å². The van der Waals surface area contributed by atoms with Crippen molar-refractivity contribution < 1.29 is 4.79 Å². The van der Waals surface area contributed by atoms with Crippen LogP contribution >= 0.6 is 24.0 Å². The number of guanidine groups is 1. The van der Waals surface area contributed by atoms with Gasteiger partial charge in [-0.05, 0) is 38.0 Å². The number of rotatable bonds is 6. The Kier molecular flexibility index (Phi) is 10.8. The molecule has 136 valence electrons. The van der Waals surface area contributed by atoms with Crippen LogP contribution in [0.5, 0.6) is 0 Å². The van der Waals surface area contributed by atoms with Crippen LogP contribution in [-0.2, 0) is 4.79 Å². The summed E-state index contributed by atoms with van der Waals surface area (Å²) in [5, 5.41) is 9.71. The molecule has 0 aromatic carbocycles. The minimum absolute atomic E-state index is 0. The molecule has 0 atom stereocenters. The summed E-state index contributed by atoms with van der Waals surface area (Å²) in [5.74, 6) is 0.981. The van der Waals surface area contributed by atoms with Crippen LogP contribution in [0.15, 0.2) is 4.99 Å². The molecule has 0 heterocycles. The van der Waals surface area contributed by atoms with Gasteiger partial charge in [-0.25, -0.2) is 0 Å². The number of carbonyl (C=O) groups is 1. The van der Waals surface area contributed by atoms with Crippen LogP contribution in [0.2, 0.25) is 0 Å². The average molecular weight is 438 g/mol. The van der Waals surface area contributed by atoms with Crippen LogP contribution in [0.4, 0.5) is 0 Å². The third-order valence-electron chi connectivity index (χ3n) is 4.23. The van der Waals surface area contributed by atoms with E-state index in [0.717, 1.165) is 12.5 Å². The van der Waals surface area contributed by atoms with Crippen LogP contribution in [0, 0.1) is 11.3 Å². The third-order valence-corrected chi connectivity index (χ3v) is 4.23. The van der Waals surface area contributed by atoms with E-state index in [4.69, 9.17) is 0 Å². The molecular weight excluding hydrogens is 403 g/mol. The fourth-order valence-electron chi connectivity index (χ4n) is 2.61. The van der Waals surface area contributed by atoms with Gasteiger partial charge in [-0.15, -0.1) is 24.0 Å². The lowest BCUT2D eigenvalue weighted by Gasteiger charge is -2.35. The van der Waals surface area contributed by atoms with Gasteiger partial charge in [0.25, 0.3) is 0 Å². The highest BCUT2D eigenvalue weighted by molar-refractivity contribution is 14.0. The molecule has 23 heavy (non-hydrogen) atoms. The first kappa shape index (κ1) is 22.5. The number of carbonyl (C=O) groups excluding carboxylic acids is 1. The summed E-state index contributed by atoms with van der Waals surface area (Å²) < 4.78 is 0. The summed E-state index contributed by atoms with van der Waals surface area (Å²) in [5.41, 5.74) is 0.481. The maximum Gasteiger partial charge on any atom is 0.222 e. The SMILES string of the molecule is CCNC(=NCCNC(=O)C(C)C)NC1CCC(C)(C)CC1.I. The summed E-state index contributed by atoms with van der Waals surface area (Å²) in [6.07, 6.45) is 4.91. The molecular formula is C17H35IN4O. The molecule has 0 spiro atoms. The molecule has 1 aliphatic carbocycles. The van der Waals surface area contributed by atoms with Gasteiger partial charge in [0.05, 0.1) is 6.54 Å². The highest BCUT2D eigenvalue weighted by atomic mass is 127. The fraction of sp³-hybridized carbons (Fsp3) is 0.882. The maximum atomic E-state index is 11.5. The molecule has 0 aliphatic heterocycles. The van der Waals surface area contributed by atoms with Gasteiger partial charge < -0.3 is 16.0 Å². The Bertz CT molecular complexity index is 373. The number of hydrogen-bond acceptors (Lipinski definition) is 2. The monoisotopic (exact) mass is 438 g/mol. The van der Waals surface area contributed by atoms with E-state index in [0.29, 0.717) is 24.5 Å². The van der Waals surface area contributed by atoms with Crippen molar-refractivity contribution in [3.8, 4) is 0 Å². The topological polar surface area (TPSA) is 65.5 Å². The van der Waals surface area contributed by atoms with Gasteiger partial charge in [0.15, 0.2) is 5.96 Å². The summed E-state index contributed by atoms with van der Waals surface area (Å²) in [6, 6.07) is 0.510. The van der Waals surface area contributed by atoms with E-state index < -0.39 is 0 Å². The number of halogens is 1.